The lowest BCUT2D eigenvalue weighted by Crippen LogP contribution is -2.23. The second-order valence-electron chi connectivity index (χ2n) is 4.98. The third-order valence-electron chi connectivity index (χ3n) is 2.94. The van der Waals surface area contributed by atoms with E-state index in [9.17, 15) is 8.42 Å². The fourth-order valence-corrected chi connectivity index (χ4v) is 4.05. The van der Waals surface area contributed by atoms with Crippen molar-refractivity contribution in [1.29, 1.82) is 0 Å². The summed E-state index contributed by atoms with van der Waals surface area (Å²) in [5.41, 5.74) is 1.17. The zero-order valence-electron chi connectivity index (χ0n) is 11.8. The van der Waals surface area contributed by atoms with Crippen molar-refractivity contribution in [3.8, 4) is 0 Å². The minimum Gasteiger partial charge on any atom is -0.310 e. The molecule has 20 heavy (non-hydrogen) atoms. The molecule has 1 aromatic carbocycles. The normalized spacial score (nSPS) is 13.4. The Morgan fingerprint density at radius 2 is 1.80 bits per heavy atom. The van der Waals surface area contributed by atoms with Crippen LogP contribution in [0.15, 0.2) is 27.1 Å². The van der Waals surface area contributed by atoms with Gasteiger partial charge in [0.2, 0.25) is 0 Å². The zero-order chi connectivity index (χ0) is 15.2. The number of benzene rings is 1. The SMILES string of the molecule is CCCNC(CCCS(C)(=O)=O)c1cc(Br)cc(Br)c1. The Morgan fingerprint density at radius 3 is 2.30 bits per heavy atom. The molecular weight excluding hydrogens is 406 g/mol. The highest BCUT2D eigenvalue weighted by Crippen LogP contribution is 2.26. The molecule has 0 spiro atoms. The van der Waals surface area contributed by atoms with Crippen LogP contribution >= 0.6 is 31.9 Å². The summed E-state index contributed by atoms with van der Waals surface area (Å²) in [5.74, 6) is 0.243. The standard InChI is InChI=1S/C14H21Br2NO2S/c1-3-6-17-14(5-4-7-20(2,18)19)11-8-12(15)10-13(16)9-11/h8-10,14,17H,3-7H2,1-2H3. The molecule has 0 aliphatic heterocycles. The van der Waals surface area contributed by atoms with Crippen LogP contribution in [-0.4, -0.2) is 27.0 Å². The van der Waals surface area contributed by atoms with Crippen molar-refractivity contribution in [2.45, 2.75) is 32.2 Å². The van der Waals surface area contributed by atoms with Crippen LogP contribution in [0.2, 0.25) is 0 Å². The van der Waals surface area contributed by atoms with Gasteiger partial charge in [0, 0.05) is 27.0 Å². The maximum absolute atomic E-state index is 11.2. The lowest BCUT2D eigenvalue weighted by Gasteiger charge is -2.19. The maximum Gasteiger partial charge on any atom is 0.147 e. The fraction of sp³-hybridized carbons (Fsp3) is 0.571. The van der Waals surface area contributed by atoms with E-state index in [0.29, 0.717) is 6.42 Å². The minimum absolute atomic E-state index is 0.186. The lowest BCUT2D eigenvalue weighted by atomic mass is 10.0. The fourth-order valence-electron chi connectivity index (χ4n) is 2.03. The molecular formula is C14H21Br2NO2S. The number of hydrogen-bond donors (Lipinski definition) is 1. The highest BCUT2D eigenvalue weighted by molar-refractivity contribution is 9.11. The summed E-state index contributed by atoms with van der Waals surface area (Å²) in [6, 6.07) is 6.35. The Kier molecular flexibility index (Phi) is 7.72. The van der Waals surface area contributed by atoms with Gasteiger partial charge < -0.3 is 5.32 Å². The maximum atomic E-state index is 11.2. The summed E-state index contributed by atoms with van der Waals surface area (Å²) in [6.45, 7) is 3.05. The molecule has 0 fully saturated rings. The third-order valence-corrected chi connectivity index (χ3v) is 4.88. The molecule has 3 nitrogen and oxygen atoms in total. The Labute approximate surface area is 138 Å². The molecule has 0 aliphatic rings. The smallest absolute Gasteiger partial charge is 0.147 e. The average Bonchev–Trinajstić information content (AvgIpc) is 2.30. The van der Waals surface area contributed by atoms with E-state index in [1.165, 1.54) is 11.8 Å². The van der Waals surface area contributed by atoms with Gasteiger partial charge in [-0.2, -0.15) is 0 Å². The van der Waals surface area contributed by atoms with Crippen molar-refractivity contribution in [2.75, 3.05) is 18.6 Å². The van der Waals surface area contributed by atoms with Crippen LogP contribution in [0.5, 0.6) is 0 Å². The molecule has 1 atom stereocenters. The molecule has 1 rings (SSSR count). The number of nitrogens with one attached hydrogen (secondary N) is 1. The van der Waals surface area contributed by atoms with Gasteiger partial charge >= 0.3 is 0 Å². The van der Waals surface area contributed by atoms with Crippen molar-refractivity contribution in [2.24, 2.45) is 0 Å². The van der Waals surface area contributed by atoms with Crippen LogP contribution in [0.4, 0.5) is 0 Å². The average molecular weight is 427 g/mol. The van der Waals surface area contributed by atoms with Crippen molar-refractivity contribution in [1.82, 2.24) is 5.32 Å². The van der Waals surface area contributed by atoms with Gasteiger partial charge in [0.1, 0.15) is 9.84 Å². The van der Waals surface area contributed by atoms with Gasteiger partial charge in [-0.1, -0.05) is 38.8 Å². The Hall–Kier alpha value is 0.0900. The van der Waals surface area contributed by atoms with E-state index in [1.54, 1.807) is 0 Å². The molecule has 0 bridgehead atoms. The zero-order valence-corrected chi connectivity index (χ0v) is 15.8. The Morgan fingerprint density at radius 1 is 1.20 bits per heavy atom. The molecule has 0 aromatic heterocycles. The van der Waals surface area contributed by atoms with Crippen LogP contribution < -0.4 is 5.32 Å². The molecule has 0 heterocycles. The Balaban J connectivity index is 2.77. The summed E-state index contributed by atoms with van der Waals surface area (Å²) < 4.78 is 24.5. The van der Waals surface area contributed by atoms with E-state index in [1.807, 2.05) is 6.07 Å². The van der Waals surface area contributed by atoms with Crippen LogP contribution in [0.1, 0.15) is 37.8 Å². The van der Waals surface area contributed by atoms with Gasteiger partial charge in [-0.15, -0.1) is 0 Å². The summed E-state index contributed by atoms with van der Waals surface area (Å²) in [7, 11) is -2.89. The van der Waals surface area contributed by atoms with Crippen LogP contribution in [0, 0.1) is 0 Å². The minimum atomic E-state index is -2.89. The summed E-state index contributed by atoms with van der Waals surface area (Å²) in [4.78, 5) is 0. The highest BCUT2D eigenvalue weighted by atomic mass is 79.9. The molecule has 6 heteroatoms. The summed E-state index contributed by atoms with van der Waals surface area (Å²) in [5, 5.41) is 3.49. The largest absolute Gasteiger partial charge is 0.310 e. The highest BCUT2D eigenvalue weighted by Gasteiger charge is 2.13. The van der Waals surface area contributed by atoms with E-state index in [4.69, 9.17) is 0 Å². The number of hydrogen-bond acceptors (Lipinski definition) is 3. The van der Waals surface area contributed by atoms with Crippen LogP contribution in [0.25, 0.3) is 0 Å². The predicted molar refractivity (Wildman–Crippen MR) is 91.8 cm³/mol. The molecule has 0 aliphatic carbocycles. The first kappa shape index (κ1) is 18.1. The monoisotopic (exact) mass is 425 g/mol. The molecule has 1 aromatic rings. The molecule has 0 amide bonds. The topological polar surface area (TPSA) is 46.2 Å². The molecule has 0 saturated carbocycles. The first-order chi connectivity index (χ1) is 9.31. The molecule has 1 unspecified atom stereocenters. The van der Waals surface area contributed by atoms with Gasteiger partial charge in [0.15, 0.2) is 0 Å². The van der Waals surface area contributed by atoms with Crippen LogP contribution in [0.3, 0.4) is 0 Å². The van der Waals surface area contributed by atoms with Gasteiger partial charge in [-0.05, 0) is 49.6 Å². The Bertz CT molecular complexity index is 512. The van der Waals surface area contributed by atoms with E-state index in [-0.39, 0.29) is 11.8 Å². The van der Waals surface area contributed by atoms with Crippen molar-refractivity contribution < 1.29 is 8.42 Å². The van der Waals surface area contributed by atoms with Gasteiger partial charge in [-0.25, -0.2) is 8.42 Å². The predicted octanol–water partition coefficient (Wildman–Crippen LogP) is 4.08. The second kappa shape index (κ2) is 8.51. The van der Waals surface area contributed by atoms with E-state index >= 15 is 0 Å². The van der Waals surface area contributed by atoms with Gasteiger partial charge in [-0.3, -0.25) is 0 Å². The molecule has 0 radical (unpaired) electrons. The third kappa shape index (κ3) is 7.20. The number of sulfone groups is 1. The lowest BCUT2D eigenvalue weighted by molar-refractivity contribution is 0.492. The van der Waals surface area contributed by atoms with Gasteiger partial charge in [0.25, 0.3) is 0 Å². The second-order valence-corrected chi connectivity index (χ2v) is 9.07. The van der Waals surface area contributed by atoms with Crippen LogP contribution in [-0.2, 0) is 9.84 Å². The van der Waals surface area contributed by atoms with E-state index < -0.39 is 9.84 Å². The van der Waals surface area contributed by atoms with Gasteiger partial charge in [0.05, 0.1) is 0 Å². The van der Waals surface area contributed by atoms with E-state index in [0.717, 1.165) is 28.3 Å². The summed E-state index contributed by atoms with van der Waals surface area (Å²) >= 11 is 6.99. The van der Waals surface area contributed by atoms with E-state index in [2.05, 4.69) is 56.2 Å². The first-order valence-electron chi connectivity index (χ1n) is 6.69. The number of rotatable bonds is 8. The van der Waals surface area contributed by atoms with Crippen molar-refractivity contribution in [3.05, 3.63) is 32.7 Å². The summed E-state index contributed by atoms with van der Waals surface area (Å²) in [6.07, 6.45) is 3.83. The first-order valence-corrected chi connectivity index (χ1v) is 10.3. The molecule has 114 valence electrons. The molecule has 1 N–H and O–H groups in total. The molecule has 0 saturated heterocycles. The quantitative estimate of drug-likeness (QED) is 0.681. The van der Waals surface area contributed by atoms with Crippen molar-refractivity contribution >= 4 is 41.7 Å². The number of halogens is 2. The van der Waals surface area contributed by atoms with Crippen molar-refractivity contribution in [3.63, 3.8) is 0 Å².